The van der Waals surface area contributed by atoms with Crippen molar-refractivity contribution >= 4 is 28.8 Å². The average Bonchev–Trinajstić information content (AvgIpc) is 3.49. The van der Waals surface area contributed by atoms with E-state index in [0.717, 1.165) is 44.5 Å². The number of hydrogen-bond acceptors (Lipinski definition) is 6. The first-order valence-corrected chi connectivity index (χ1v) is 13.2. The number of carbonyl (C=O) groups excluding carboxylic acids is 3. The number of furan rings is 1. The van der Waals surface area contributed by atoms with Crippen molar-refractivity contribution in [3.63, 3.8) is 0 Å². The Morgan fingerprint density at radius 2 is 1.66 bits per heavy atom. The fourth-order valence-corrected chi connectivity index (χ4v) is 5.25. The van der Waals surface area contributed by atoms with Crippen molar-refractivity contribution in [2.45, 2.75) is 37.1 Å². The van der Waals surface area contributed by atoms with E-state index in [-0.39, 0.29) is 23.9 Å². The first kappa shape index (κ1) is 26.9. The number of amides is 1. The highest BCUT2D eigenvalue weighted by Crippen LogP contribution is 2.39. The van der Waals surface area contributed by atoms with Gasteiger partial charge in [-0.2, -0.15) is 0 Å². The molecule has 3 aromatic carbocycles. The number of esters is 1. The predicted octanol–water partition coefficient (Wildman–Crippen LogP) is 6.08. The van der Waals surface area contributed by atoms with Crippen LogP contribution in [0.25, 0.3) is 11.1 Å². The van der Waals surface area contributed by atoms with Gasteiger partial charge in [0.1, 0.15) is 6.04 Å². The van der Waals surface area contributed by atoms with E-state index < -0.39 is 12.0 Å². The molecule has 4 rings (SSSR count). The van der Waals surface area contributed by atoms with Crippen LogP contribution in [0.4, 0.5) is 0 Å². The van der Waals surface area contributed by atoms with Gasteiger partial charge in [-0.1, -0.05) is 79.7 Å². The molecule has 0 spiro atoms. The topological polar surface area (TPSA) is 85.6 Å². The van der Waals surface area contributed by atoms with Crippen molar-refractivity contribution in [1.29, 1.82) is 0 Å². The zero-order valence-electron chi connectivity index (χ0n) is 21.3. The van der Waals surface area contributed by atoms with Gasteiger partial charge in [-0.3, -0.25) is 9.59 Å². The molecule has 194 valence electrons. The molecule has 4 aromatic rings. The van der Waals surface area contributed by atoms with Gasteiger partial charge in [0, 0.05) is 28.9 Å². The van der Waals surface area contributed by atoms with Crippen LogP contribution in [0.2, 0.25) is 0 Å². The Balaban J connectivity index is 1.85. The third-order valence-electron chi connectivity index (χ3n) is 6.18. The van der Waals surface area contributed by atoms with Gasteiger partial charge >= 0.3 is 5.97 Å². The van der Waals surface area contributed by atoms with Crippen LogP contribution in [0.1, 0.15) is 40.4 Å². The molecule has 1 amide bonds. The third kappa shape index (κ3) is 6.61. The molecule has 6 nitrogen and oxygen atoms in total. The van der Waals surface area contributed by atoms with Crippen molar-refractivity contribution < 1.29 is 23.5 Å². The van der Waals surface area contributed by atoms with Gasteiger partial charge in [-0.15, -0.1) is 0 Å². The van der Waals surface area contributed by atoms with Crippen LogP contribution in [0.3, 0.4) is 0 Å². The lowest BCUT2D eigenvalue weighted by molar-refractivity contribution is -0.145. The fourth-order valence-electron chi connectivity index (χ4n) is 4.19. The van der Waals surface area contributed by atoms with Crippen LogP contribution in [0.5, 0.6) is 0 Å². The SMILES string of the molecule is CCC(=O)N[C@@H](Cc1ccc(-c2ccoc2)c(SC(=O)c2ccccc2)c1Cc1ccccc1)C(=O)OC. The molecule has 0 fully saturated rings. The second-order valence-corrected chi connectivity index (χ2v) is 9.69. The van der Waals surface area contributed by atoms with Crippen LogP contribution in [0.15, 0.2) is 101 Å². The summed E-state index contributed by atoms with van der Waals surface area (Å²) in [5.41, 5.74) is 5.10. The van der Waals surface area contributed by atoms with E-state index in [4.69, 9.17) is 9.15 Å². The minimum atomic E-state index is -0.857. The molecule has 0 radical (unpaired) electrons. The van der Waals surface area contributed by atoms with Gasteiger partial charge in [0.25, 0.3) is 0 Å². The minimum Gasteiger partial charge on any atom is -0.472 e. The molecule has 1 aromatic heterocycles. The molecular weight excluding hydrogens is 498 g/mol. The van der Waals surface area contributed by atoms with Crippen LogP contribution in [0, 0.1) is 0 Å². The normalized spacial score (nSPS) is 11.5. The van der Waals surface area contributed by atoms with E-state index in [0.29, 0.717) is 12.0 Å². The Bertz CT molecular complexity index is 1380. The highest BCUT2D eigenvalue weighted by molar-refractivity contribution is 8.14. The molecule has 0 aliphatic heterocycles. The molecular formula is C31H29NO5S. The predicted molar refractivity (Wildman–Crippen MR) is 148 cm³/mol. The molecule has 0 aliphatic carbocycles. The van der Waals surface area contributed by atoms with Gasteiger partial charge in [0.15, 0.2) is 0 Å². The van der Waals surface area contributed by atoms with Crippen molar-refractivity contribution in [1.82, 2.24) is 5.32 Å². The quantitative estimate of drug-likeness (QED) is 0.199. The Kier molecular flexibility index (Phi) is 9.16. The van der Waals surface area contributed by atoms with Crippen LogP contribution in [-0.4, -0.2) is 30.1 Å². The van der Waals surface area contributed by atoms with Crippen molar-refractivity contribution in [2.75, 3.05) is 7.11 Å². The van der Waals surface area contributed by atoms with E-state index in [2.05, 4.69) is 5.32 Å². The monoisotopic (exact) mass is 527 g/mol. The van der Waals surface area contributed by atoms with Crippen molar-refractivity contribution in [2.24, 2.45) is 0 Å². The average molecular weight is 528 g/mol. The largest absolute Gasteiger partial charge is 0.472 e. The lowest BCUT2D eigenvalue weighted by Gasteiger charge is -2.22. The summed E-state index contributed by atoms with van der Waals surface area (Å²) in [7, 11) is 1.31. The van der Waals surface area contributed by atoms with E-state index in [1.807, 2.05) is 66.7 Å². The molecule has 7 heteroatoms. The van der Waals surface area contributed by atoms with E-state index in [1.54, 1.807) is 31.6 Å². The lowest BCUT2D eigenvalue weighted by atomic mass is 9.92. The Morgan fingerprint density at radius 1 is 0.947 bits per heavy atom. The minimum absolute atomic E-state index is 0.0920. The summed E-state index contributed by atoms with van der Waals surface area (Å²) < 4.78 is 10.4. The number of rotatable bonds is 10. The number of ether oxygens (including phenoxy) is 1. The molecule has 0 saturated carbocycles. The highest BCUT2D eigenvalue weighted by atomic mass is 32.2. The van der Waals surface area contributed by atoms with Gasteiger partial charge in [-0.05, 0) is 46.5 Å². The van der Waals surface area contributed by atoms with E-state index in [9.17, 15) is 14.4 Å². The van der Waals surface area contributed by atoms with Crippen molar-refractivity contribution in [3.8, 4) is 11.1 Å². The molecule has 0 aliphatic rings. The second-order valence-electron chi connectivity index (χ2n) is 8.71. The fraction of sp³-hybridized carbons (Fsp3) is 0.194. The summed E-state index contributed by atoms with van der Waals surface area (Å²) in [4.78, 5) is 39.0. The van der Waals surface area contributed by atoms with Crippen LogP contribution < -0.4 is 5.32 Å². The molecule has 38 heavy (non-hydrogen) atoms. The maximum atomic E-state index is 13.4. The number of methoxy groups -OCH3 is 1. The summed E-state index contributed by atoms with van der Waals surface area (Å²) in [6.07, 6.45) is 4.25. The second kappa shape index (κ2) is 12.9. The van der Waals surface area contributed by atoms with Crippen LogP contribution in [-0.2, 0) is 27.2 Å². The summed E-state index contributed by atoms with van der Waals surface area (Å²) in [6, 6.07) is 24.0. The number of carbonyl (C=O) groups is 3. The molecule has 0 bridgehead atoms. The summed E-state index contributed by atoms with van der Waals surface area (Å²) in [6.45, 7) is 1.73. The summed E-state index contributed by atoms with van der Waals surface area (Å²) >= 11 is 1.16. The van der Waals surface area contributed by atoms with Gasteiger partial charge in [0.05, 0.1) is 19.6 Å². The molecule has 1 atom stereocenters. The summed E-state index contributed by atoms with van der Waals surface area (Å²) in [5, 5.41) is 2.69. The highest BCUT2D eigenvalue weighted by Gasteiger charge is 2.26. The molecule has 0 unspecified atom stereocenters. The smallest absolute Gasteiger partial charge is 0.328 e. The summed E-state index contributed by atoms with van der Waals surface area (Å²) in [5.74, 6) is -0.764. The van der Waals surface area contributed by atoms with Gasteiger partial charge < -0.3 is 14.5 Å². The third-order valence-corrected chi connectivity index (χ3v) is 7.28. The Morgan fingerprint density at radius 3 is 2.29 bits per heavy atom. The first-order chi connectivity index (χ1) is 18.5. The Labute approximate surface area is 226 Å². The van der Waals surface area contributed by atoms with Crippen LogP contribution >= 0.6 is 11.8 Å². The van der Waals surface area contributed by atoms with Crippen molar-refractivity contribution in [3.05, 3.63) is 114 Å². The van der Waals surface area contributed by atoms with E-state index >= 15 is 0 Å². The maximum Gasteiger partial charge on any atom is 0.328 e. The zero-order valence-corrected chi connectivity index (χ0v) is 22.1. The van der Waals surface area contributed by atoms with E-state index in [1.165, 1.54) is 7.11 Å². The standard InChI is InChI=1S/C31H29NO5S/c1-3-28(33)32-27(30(34)36-2)19-23-14-15-25(24-16-17-37-20-24)29(26(23)18-21-10-6-4-7-11-21)38-31(35)22-12-8-5-9-13-22/h4-17,20,27H,3,18-19H2,1-2H3,(H,32,33)/t27-/m0/s1. The maximum absolute atomic E-state index is 13.4. The number of hydrogen-bond donors (Lipinski definition) is 1. The van der Waals surface area contributed by atoms with Gasteiger partial charge in [0.2, 0.25) is 11.0 Å². The molecule has 0 saturated heterocycles. The Hall–Kier alpha value is -4.10. The number of nitrogens with one attached hydrogen (secondary N) is 1. The molecule has 1 heterocycles. The first-order valence-electron chi connectivity index (χ1n) is 12.4. The number of benzene rings is 3. The zero-order chi connectivity index (χ0) is 26.9. The number of thioether (sulfide) groups is 1. The van der Waals surface area contributed by atoms with Gasteiger partial charge in [-0.25, -0.2) is 4.79 Å². The lowest BCUT2D eigenvalue weighted by Crippen LogP contribution is -2.43. The molecule has 1 N–H and O–H groups in total.